The molecule has 0 aliphatic carbocycles. The van der Waals surface area contributed by atoms with Crippen LogP contribution in [0.4, 0.5) is 0 Å². The molecule has 0 aliphatic rings. The van der Waals surface area contributed by atoms with Crippen molar-refractivity contribution in [2.75, 3.05) is 12.3 Å². The Bertz CT molecular complexity index is 236. The van der Waals surface area contributed by atoms with Crippen molar-refractivity contribution in [3.8, 4) is 0 Å². The number of carbonyl (C=O) groups excluding carboxylic acids is 2. The molecular weight excluding hydrogens is 226 g/mol. The summed E-state index contributed by atoms with van der Waals surface area (Å²) in [6.45, 7) is 2.46. The van der Waals surface area contributed by atoms with Crippen LogP contribution in [0.3, 0.4) is 0 Å². The van der Waals surface area contributed by atoms with Crippen LogP contribution < -0.4 is 16.8 Å². The molecule has 0 aliphatic heterocycles. The summed E-state index contributed by atoms with van der Waals surface area (Å²) in [4.78, 5) is 22.5. The maximum absolute atomic E-state index is 11.6. The van der Waals surface area contributed by atoms with Crippen molar-refractivity contribution < 1.29 is 9.59 Å². The summed E-state index contributed by atoms with van der Waals surface area (Å²) in [6.07, 6.45) is 2.58. The fourth-order valence-corrected chi connectivity index (χ4v) is 1.52. The largest absolute Gasteiger partial charge is 0.368 e. The van der Waals surface area contributed by atoms with E-state index in [-0.39, 0.29) is 17.6 Å². The van der Waals surface area contributed by atoms with Crippen LogP contribution in [0.25, 0.3) is 0 Å². The average Bonchev–Trinajstić information content (AvgIpc) is 2.25. The first kappa shape index (κ1) is 15.2. The highest BCUT2D eigenvalue weighted by atomic mass is 32.1. The fourth-order valence-electron chi connectivity index (χ4n) is 1.25. The van der Waals surface area contributed by atoms with Crippen molar-refractivity contribution in [1.82, 2.24) is 5.32 Å². The molecule has 0 aromatic heterocycles. The van der Waals surface area contributed by atoms with Gasteiger partial charge in [0.2, 0.25) is 11.8 Å². The molecule has 16 heavy (non-hydrogen) atoms. The third-order valence-electron chi connectivity index (χ3n) is 2.38. The molecule has 0 heterocycles. The normalized spacial score (nSPS) is 14.2. The highest BCUT2D eigenvalue weighted by Crippen LogP contribution is 2.07. The van der Waals surface area contributed by atoms with Crippen molar-refractivity contribution in [3.63, 3.8) is 0 Å². The zero-order valence-corrected chi connectivity index (χ0v) is 10.5. The van der Waals surface area contributed by atoms with Crippen LogP contribution >= 0.6 is 12.6 Å². The number of thiol groups is 1. The molecule has 0 rings (SSSR count). The predicted octanol–water partition coefficient (Wildman–Crippen LogP) is -0.349. The lowest BCUT2D eigenvalue weighted by Gasteiger charge is -2.16. The first-order chi connectivity index (χ1) is 7.52. The molecule has 0 aromatic rings. The fraction of sp³-hybridized carbons (Fsp3) is 0.800. The summed E-state index contributed by atoms with van der Waals surface area (Å²) in [5.41, 5.74) is 10.5. The lowest BCUT2D eigenvalue weighted by molar-refractivity contribution is -0.129. The van der Waals surface area contributed by atoms with Crippen molar-refractivity contribution in [2.45, 2.75) is 32.2 Å². The van der Waals surface area contributed by atoms with E-state index < -0.39 is 11.9 Å². The van der Waals surface area contributed by atoms with E-state index >= 15 is 0 Å². The zero-order valence-electron chi connectivity index (χ0n) is 9.61. The molecule has 5 N–H and O–H groups in total. The van der Waals surface area contributed by atoms with Gasteiger partial charge in [0.05, 0.1) is 0 Å². The van der Waals surface area contributed by atoms with E-state index in [0.29, 0.717) is 6.54 Å². The van der Waals surface area contributed by atoms with Gasteiger partial charge < -0.3 is 16.8 Å². The van der Waals surface area contributed by atoms with Gasteiger partial charge in [0.15, 0.2) is 0 Å². The number of unbranched alkanes of at least 4 members (excludes halogenated alkanes) is 1. The predicted molar refractivity (Wildman–Crippen MR) is 67.0 cm³/mol. The van der Waals surface area contributed by atoms with Crippen LogP contribution in [0.2, 0.25) is 0 Å². The SMILES string of the molecule is CC(CCCCN)C(=O)NC(CS)C(N)=O. The molecule has 2 atom stereocenters. The maximum atomic E-state index is 11.6. The smallest absolute Gasteiger partial charge is 0.240 e. The molecule has 0 aromatic carbocycles. The highest BCUT2D eigenvalue weighted by Gasteiger charge is 2.19. The number of carbonyl (C=O) groups is 2. The minimum absolute atomic E-state index is 0.131. The van der Waals surface area contributed by atoms with Gasteiger partial charge in [-0.3, -0.25) is 9.59 Å². The van der Waals surface area contributed by atoms with Gasteiger partial charge in [0.25, 0.3) is 0 Å². The standard InChI is InChI=1S/C10H21N3O2S/c1-7(4-2-3-5-11)10(15)13-8(6-16)9(12)14/h7-8,16H,2-6,11H2,1H3,(H2,12,14)(H,13,15). The van der Waals surface area contributed by atoms with Gasteiger partial charge in [-0.25, -0.2) is 0 Å². The van der Waals surface area contributed by atoms with Crippen molar-refractivity contribution in [1.29, 1.82) is 0 Å². The van der Waals surface area contributed by atoms with Crippen molar-refractivity contribution in [2.24, 2.45) is 17.4 Å². The Morgan fingerprint density at radius 3 is 2.44 bits per heavy atom. The second kappa shape index (κ2) is 8.41. The summed E-state index contributed by atoms with van der Waals surface area (Å²) in [5.74, 6) is -0.628. The van der Waals surface area contributed by atoms with Crippen LogP contribution in [-0.4, -0.2) is 30.2 Å². The number of nitrogens with one attached hydrogen (secondary N) is 1. The first-order valence-electron chi connectivity index (χ1n) is 5.43. The summed E-state index contributed by atoms with van der Waals surface area (Å²) < 4.78 is 0. The Morgan fingerprint density at radius 2 is 2.00 bits per heavy atom. The summed E-state index contributed by atoms with van der Waals surface area (Å²) in [6, 6.07) is -0.687. The second-order valence-electron chi connectivity index (χ2n) is 3.83. The molecule has 0 fully saturated rings. The van der Waals surface area contributed by atoms with Gasteiger partial charge in [-0.05, 0) is 19.4 Å². The zero-order chi connectivity index (χ0) is 12.6. The number of amides is 2. The molecule has 94 valence electrons. The second-order valence-corrected chi connectivity index (χ2v) is 4.20. The Kier molecular flexibility index (Phi) is 8.01. The van der Waals surface area contributed by atoms with E-state index in [9.17, 15) is 9.59 Å². The number of hydrogen-bond donors (Lipinski definition) is 4. The first-order valence-corrected chi connectivity index (χ1v) is 6.06. The summed E-state index contributed by atoms with van der Waals surface area (Å²) in [5, 5.41) is 2.57. The van der Waals surface area contributed by atoms with E-state index in [0.717, 1.165) is 19.3 Å². The van der Waals surface area contributed by atoms with E-state index in [1.54, 1.807) is 0 Å². The average molecular weight is 247 g/mol. The van der Waals surface area contributed by atoms with Crippen molar-refractivity contribution in [3.05, 3.63) is 0 Å². The molecular formula is C10H21N3O2S. The van der Waals surface area contributed by atoms with Crippen LogP contribution in [0.5, 0.6) is 0 Å². The van der Waals surface area contributed by atoms with Gasteiger partial charge in [-0.1, -0.05) is 13.3 Å². The number of rotatable bonds is 8. The van der Waals surface area contributed by atoms with E-state index in [2.05, 4.69) is 17.9 Å². The lowest BCUT2D eigenvalue weighted by atomic mass is 10.0. The van der Waals surface area contributed by atoms with Crippen LogP contribution in [0.15, 0.2) is 0 Å². The van der Waals surface area contributed by atoms with Crippen molar-refractivity contribution >= 4 is 24.4 Å². The molecule has 0 spiro atoms. The molecule has 6 heteroatoms. The lowest BCUT2D eigenvalue weighted by Crippen LogP contribution is -2.47. The molecule has 0 bridgehead atoms. The van der Waals surface area contributed by atoms with Gasteiger partial charge >= 0.3 is 0 Å². The monoisotopic (exact) mass is 247 g/mol. The minimum atomic E-state index is -0.687. The molecule has 2 unspecified atom stereocenters. The number of nitrogens with two attached hydrogens (primary N) is 2. The van der Waals surface area contributed by atoms with E-state index in [1.165, 1.54) is 0 Å². The Labute approximate surface area is 102 Å². The van der Waals surface area contributed by atoms with Gasteiger partial charge in [0.1, 0.15) is 6.04 Å². The van der Waals surface area contributed by atoms with Gasteiger partial charge in [0, 0.05) is 11.7 Å². The Balaban J connectivity index is 3.98. The van der Waals surface area contributed by atoms with Gasteiger partial charge in [-0.15, -0.1) is 0 Å². The highest BCUT2D eigenvalue weighted by molar-refractivity contribution is 7.80. The van der Waals surface area contributed by atoms with E-state index in [4.69, 9.17) is 11.5 Å². The topological polar surface area (TPSA) is 98.2 Å². The van der Waals surface area contributed by atoms with Crippen LogP contribution in [-0.2, 0) is 9.59 Å². The quantitative estimate of drug-likeness (QED) is 0.348. The Morgan fingerprint density at radius 1 is 1.38 bits per heavy atom. The summed E-state index contributed by atoms with van der Waals surface area (Å²) in [7, 11) is 0. The number of hydrogen-bond acceptors (Lipinski definition) is 4. The Hall–Kier alpha value is -0.750. The van der Waals surface area contributed by atoms with Gasteiger partial charge in [-0.2, -0.15) is 12.6 Å². The summed E-state index contributed by atoms with van der Waals surface area (Å²) >= 11 is 3.95. The van der Waals surface area contributed by atoms with E-state index in [1.807, 2.05) is 6.92 Å². The minimum Gasteiger partial charge on any atom is -0.368 e. The van der Waals surface area contributed by atoms with Crippen LogP contribution in [0.1, 0.15) is 26.2 Å². The molecule has 0 saturated carbocycles. The maximum Gasteiger partial charge on any atom is 0.240 e. The molecule has 0 radical (unpaired) electrons. The molecule has 5 nitrogen and oxygen atoms in total. The van der Waals surface area contributed by atoms with Crippen LogP contribution in [0, 0.1) is 5.92 Å². The molecule has 0 saturated heterocycles. The third kappa shape index (κ3) is 5.97. The molecule has 2 amide bonds. The number of primary amides is 1. The third-order valence-corrected chi connectivity index (χ3v) is 2.75.